The van der Waals surface area contributed by atoms with Gasteiger partial charge >= 0.3 is 0 Å². The van der Waals surface area contributed by atoms with E-state index in [0.717, 1.165) is 26.2 Å². The Labute approximate surface area is 105 Å². The van der Waals surface area contributed by atoms with Gasteiger partial charge in [0.25, 0.3) is 0 Å². The standard InChI is InChI=1S/C13H27NO3/c1-5-14-11-8-12(13(11)16-7-3)17-10(4)9-15-6-2/h10-14H,5-9H2,1-4H3. The van der Waals surface area contributed by atoms with Crippen LogP contribution >= 0.6 is 0 Å². The molecule has 1 aliphatic rings. The Hall–Kier alpha value is -0.160. The first kappa shape index (κ1) is 14.9. The van der Waals surface area contributed by atoms with Crippen LogP contribution in [-0.2, 0) is 14.2 Å². The molecule has 0 bridgehead atoms. The topological polar surface area (TPSA) is 39.7 Å². The Kier molecular flexibility index (Phi) is 7.04. The summed E-state index contributed by atoms with van der Waals surface area (Å²) in [6, 6.07) is 0.448. The van der Waals surface area contributed by atoms with E-state index >= 15 is 0 Å². The van der Waals surface area contributed by atoms with Gasteiger partial charge < -0.3 is 19.5 Å². The maximum atomic E-state index is 5.94. The molecule has 0 saturated heterocycles. The van der Waals surface area contributed by atoms with Gasteiger partial charge in [0.2, 0.25) is 0 Å². The molecule has 1 rings (SSSR count). The normalized spacial score (nSPS) is 30.0. The van der Waals surface area contributed by atoms with E-state index in [-0.39, 0.29) is 18.3 Å². The summed E-state index contributed by atoms with van der Waals surface area (Å²) in [6.45, 7) is 11.3. The second-order valence-electron chi connectivity index (χ2n) is 4.46. The second-order valence-corrected chi connectivity index (χ2v) is 4.46. The summed E-state index contributed by atoms with van der Waals surface area (Å²) in [5.74, 6) is 0. The van der Waals surface area contributed by atoms with E-state index in [1.54, 1.807) is 0 Å². The molecule has 1 fully saturated rings. The molecule has 102 valence electrons. The van der Waals surface area contributed by atoms with Crippen molar-refractivity contribution in [2.45, 2.75) is 58.5 Å². The first-order chi connectivity index (χ1) is 8.22. The van der Waals surface area contributed by atoms with Crippen molar-refractivity contribution < 1.29 is 14.2 Å². The molecule has 0 aliphatic heterocycles. The zero-order valence-electron chi connectivity index (χ0n) is 11.6. The first-order valence-corrected chi connectivity index (χ1v) is 6.81. The van der Waals surface area contributed by atoms with Crippen molar-refractivity contribution in [3.05, 3.63) is 0 Å². The number of hydrogen-bond donors (Lipinski definition) is 1. The molecule has 4 heteroatoms. The van der Waals surface area contributed by atoms with Gasteiger partial charge in [-0.1, -0.05) is 6.92 Å². The summed E-state index contributed by atoms with van der Waals surface area (Å²) in [5, 5.41) is 3.43. The summed E-state index contributed by atoms with van der Waals surface area (Å²) >= 11 is 0. The maximum absolute atomic E-state index is 5.94. The lowest BCUT2D eigenvalue weighted by molar-refractivity contribution is -0.171. The third-order valence-corrected chi connectivity index (χ3v) is 3.04. The monoisotopic (exact) mass is 245 g/mol. The summed E-state index contributed by atoms with van der Waals surface area (Å²) in [6.07, 6.45) is 1.60. The van der Waals surface area contributed by atoms with Gasteiger partial charge in [-0.05, 0) is 33.7 Å². The SMILES string of the molecule is CCNC1CC(OC(C)COCC)C1OCC. The van der Waals surface area contributed by atoms with Crippen LogP contribution in [0.3, 0.4) is 0 Å². The van der Waals surface area contributed by atoms with Crippen molar-refractivity contribution in [2.24, 2.45) is 0 Å². The van der Waals surface area contributed by atoms with E-state index < -0.39 is 0 Å². The van der Waals surface area contributed by atoms with E-state index in [0.29, 0.717) is 12.6 Å². The van der Waals surface area contributed by atoms with Crippen LogP contribution in [0.15, 0.2) is 0 Å². The van der Waals surface area contributed by atoms with Gasteiger partial charge in [0.05, 0.1) is 24.9 Å². The summed E-state index contributed by atoms with van der Waals surface area (Å²) in [7, 11) is 0. The fourth-order valence-corrected chi connectivity index (χ4v) is 2.21. The molecule has 4 unspecified atom stereocenters. The van der Waals surface area contributed by atoms with Crippen LogP contribution in [0.1, 0.15) is 34.1 Å². The molecule has 0 aromatic heterocycles. The minimum Gasteiger partial charge on any atom is -0.379 e. The minimum absolute atomic E-state index is 0.144. The molecule has 4 atom stereocenters. The van der Waals surface area contributed by atoms with Crippen LogP contribution in [0.25, 0.3) is 0 Å². The van der Waals surface area contributed by atoms with Crippen LogP contribution in [-0.4, -0.2) is 50.7 Å². The molecule has 0 heterocycles. The zero-order valence-corrected chi connectivity index (χ0v) is 11.6. The molecule has 0 aromatic carbocycles. The molecular weight excluding hydrogens is 218 g/mol. The highest BCUT2D eigenvalue weighted by atomic mass is 16.6. The largest absolute Gasteiger partial charge is 0.379 e. The molecule has 0 aromatic rings. The third-order valence-electron chi connectivity index (χ3n) is 3.04. The lowest BCUT2D eigenvalue weighted by Crippen LogP contribution is -2.60. The molecular formula is C13H27NO3. The van der Waals surface area contributed by atoms with Crippen molar-refractivity contribution in [3.8, 4) is 0 Å². The van der Waals surface area contributed by atoms with Crippen molar-refractivity contribution in [3.63, 3.8) is 0 Å². The molecule has 0 spiro atoms. The maximum Gasteiger partial charge on any atom is 0.0990 e. The zero-order chi connectivity index (χ0) is 12.7. The highest BCUT2D eigenvalue weighted by Gasteiger charge is 2.42. The molecule has 1 aliphatic carbocycles. The smallest absolute Gasteiger partial charge is 0.0990 e. The van der Waals surface area contributed by atoms with E-state index in [2.05, 4.69) is 19.2 Å². The molecule has 1 N–H and O–H groups in total. The van der Waals surface area contributed by atoms with Gasteiger partial charge in [-0.15, -0.1) is 0 Å². The van der Waals surface area contributed by atoms with Crippen molar-refractivity contribution >= 4 is 0 Å². The quantitative estimate of drug-likeness (QED) is 0.669. The highest BCUT2D eigenvalue weighted by molar-refractivity contribution is 4.97. The average Bonchev–Trinajstić information content (AvgIpc) is 2.32. The summed E-state index contributed by atoms with van der Waals surface area (Å²) < 4.78 is 17.0. The average molecular weight is 245 g/mol. The predicted octanol–water partition coefficient (Wildman–Crippen LogP) is 1.58. The van der Waals surface area contributed by atoms with E-state index in [1.807, 2.05) is 13.8 Å². The van der Waals surface area contributed by atoms with Crippen LogP contribution in [0.5, 0.6) is 0 Å². The first-order valence-electron chi connectivity index (χ1n) is 6.81. The lowest BCUT2D eigenvalue weighted by atomic mass is 9.85. The van der Waals surface area contributed by atoms with Gasteiger partial charge in [-0.3, -0.25) is 0 Å². The predicted molar refractivity (Wildman–Crippen MR) is 68.3 cm³/mol. The molecule has 4 nitrogen and oxygen atoms in total. The number of rotatable bonds is 9. The van der Waals surface area contributed by atoms with Crippen LogP contribution < -0.4 is 5.32 Å². The van der Waals surface area contributed by atoms with E-state index in [4.69, 9.17) is 14.2 Å². The Bertz CT molecular complexity index is 201. The third kappa shape index (κ3) is 4.54. The Morgan fingerprint density at radius 2 is 2.00 bits per heavy atom. The van der Waals surface area contributed by atoms with Gasteiger partial charge in [0.1, 0.15) is 0 Å². The lowest BCUT2D eigenvalue weighted by Gasteiger charge is -2.45. The van der Waals surface area contributed by atoms with Crippen LogP contribution in [0, 0.1) is 0 Å². The van der Waals surface area contributed by atoms with E-state index in [9.17, 15) is 0 Å². The number of hydrogen-bond acceptors (Lipinski definition) is 4. The van der Waals surface area contributed by atoms with Gasteiger partial charge in [-0.25, -0.2) is 0 Å². The second kappa shape index (κ2) is 8.03. The van der Waals surface area contributed by atoms with Gasteiger partial charge in [-0.2, -0.15) is 0 Å². The fraction of sp³-hybridized carbons (Fsp3) is 1.00. The van der Waals surface area contributed by atoms with Gasteiger partial charge in [0, 0.05) is 19.3 Å². The van der Waals surface area contributed by atoms with Crippen molar-refractivity contribution in [2.75, 3.05) is 26.4 Å². The minimum atomic E-state index is 0.144. The number of ether oxygens (including phenoxy) is 3. The Morgan fingerprint density at radius 1 is 1.24 bits per heavy atom. The Morgan fingerprint density at radius 3 is 2.59 bits per heavy atom. The number of likely N-dealkylation sites (N-methyl/N-ethyl adjacent to an activating group) is 1. The van der Waals surface area contributed by atoms with Crippen LogP contribution in [0.4, 0.5) is 0 Å². The van der Waals surface area contributed by atoms with Crippen molar-refractivity contribution in [1.82, 2.24) is 5.32 Å². The fourth-order valence-electron chi connectivity index (χ4n) is 2.21. The molecule has 0 amide bonds. The Balaban J connectivity index is 2.28. The molecule has 1 saturated carbocycles. The molecule has 17 heavy (non-hydrogen) atoms. The summed E-state index contributed by atoms with van der Waals surface area (Å²) in [5.41, 5.74) is 0. The van der Waals surface area contributed by atoms with Gasteiger partial charge in [0.15, 0.2) is 0 Å². The number of nitrogens with one attached hydrogen (secondary N) is 1. The highest BCUT2D eigenvalue weighted by Crippen LogP contribution is 2.28. The summed E-state index contributed by atoms with van der Waals surface area (Å²) in [4.78, 5) is 0. The van der Waals surface area contributed by atoms with Crippen LogP contribution in [0.2, 0.25) is 0 Å². The van der Waals surface area contributed by atoms with E-state index in [1.165, 1.54) is 0 Å². The molecule has 0 radical (unpaired) electrons. The van der Waals surface area contributed by atoms with Crippen molar-refractivity contribution in [1.29, 1.82) is 0 Å².